The van der Waals surface area contributed by atoms with E-state index in [0.29, 0.717) is 12.5 Å². The summed E-state index contributed by atoms with van der Waals surface area (Å²) in [5, 5.41) is 1.07. The maximum atomic E-state index is 5.98. The molecule has 33 heavy (non-hydrogen) atoms. The predicted molar refractivity (Wildman–Crippen MR) is 143 cm³/mol. The van der Waals surface area contributed by atoms with Crippen LogP contribution in [0.2, 0.25) is 5.25 Å². The first-order valence-corrected chi connectivity index (χ1v) is 16.4. The minimum atomic E-state index is -2.89. The molecule has 0 aliphatic heterocycles. The number of hydrogen-bond acceptors (Lipinski definition) is 1. The Labute approximate surface area is 201 Å². The van der Waals surface area contributed by atoms with Gasteiger partial charge in [0, 0.05) is 0 Å². The van der Waals surface area contributed by atoms with E-state index in [9.17, 15) is 0 Å². The van der Waals surface area contributed by atoms with E-state index < -0.39 is 13.3 Å². The van der Waals surface area contributed by atoms with E-state index in [1.165, 1.54) is 18.8 Å². The van der Waals surface area contributed by atoms with Gasteiger partial charge in [-0.1, -0.05) is 0 Å². The SMILES string of the molecule is C[C@H](/C=C\[CH2][Ge]([c]1ccccc1)([c]1ccccc1)[c]1ccccc1)COCc1ccccc1. The second-order valence-electron chi connectivity index (χ2n) is 8.61. The molecule has 0 aromatic heterocycles. The molecule has 4 aromatic rings. The van der Waals surface area contributed by atoms with Crippen LogP contribution in [0, 0.1) is 5.92 Å². The van der Waals surface area contributed by atoms with Crippen LogP contribution in [0.25, 0.3) is 0 Å². The molecular formula is C31H32GeO. The molecule has 4 aromatic carbocycles. The van der Waals surface area contributed by atoms with Crippen molar-refractivity contribution in [2.24, 2.45) is 5.92 Å². The fraction of sp³-hybridized carbons (Fsp3) is 0.161. The first kappa shape index (κ1) is 23.3. The van der Waals surface area contributed by atoms with Gasteiger partial charge in [0.05, 0.1) is 0 Å². The Morgan fingerprint density at radius 3 is 1.52 bits per heavy atom. The number of ether oxygens (including phenoxy) is 1. The molecule has 0 heterocycles. The van der Waals surface area contributed by atoms with Gasteiger partial charge in [0.2, 0.25) is 0 Å². The Morgan fingerprint density at radius 1 is 0.636 bits per heavy atom. The second-order valence-corrected chi connectivity index (χ2v) is 16.9. The molecule has 0 amide bonds. The summed E-state index contributed by atoms with van der Waals surface area (Å²) in [6, 6.07) is 43.9. The molecule has 0 bridgehead atoms. The Bertz CT molecular complexity index is 1010. The summed E-state index contributed by atoms with van der Waals surface area (Å²) in [6.07, 6.45) is 4.77. The topological polar surface area (TPSA) is 9.23 Å². The van der Waals surface area contributed by atoms with Crippen LogP contribution in [-0.4, -0.2) is 19.9 Å². The Kier molecular flexibility index (Phi) is 8.35. The standard InChI is InChI=1S/C31H32GeO/c1-27(25-33-26-28-16-6-2-7-17-28)15-14-24-32(29-18-8-3-9-19-29,30-20-10-4-11-21-30)31-22-12-5-13-23-31/h2-23,27H,24-26H2,1H3/b15-14-/t27-/m1/s1. The molecule has 1 nitrogen and oxygen atoms in total. The normalized spacial score (nSPS) is 12.6. The van der Waals surface area contributed by atoms with Crippen LogP contribution in [0.1, 0.15) is 12.5 Å². The Morgan fingerprint density at radius 2 is 1.06 bits per heavy atom. The van der Waals surface area contributed by atoms with Crippen LogP contribution in [-0.2, 0) is 11.3 Å². The molecule has 0 saturated heterocycles. The van der Waals surface area contributed by atoms with Crippen LogP contribution in [0.5, 0.6) is 0 Å². The molecule has 0 radical (unpaired) electrons. The maximum absolute atomic E-state index is 5.98. The van der Waals surface area contributed by atoms with Crippen molar-refractivity contribution in [3.63, 3.8) is 0 Å². The van der Waals surface area contributed by atoms with Gasteiger partial charge in [0.1, 0.15) is 0 Å². The van der Waals surface area contributed by atoms with Gasteiger partial charge in [-0.2, -0.15) is 0 Å². The van der Waals surface area contributed by atoms with Gasteiger partial charge < -0.3 is 0 Å². The monoisotopic (exact) mass is 494 g/mol. The molecule has 1 atom stereocenters. The zero-order valence-corrected chi connectivity index (χ0v) is 21.4. The predicted octanol–water partition coefficient (Wildman–Crippen LogP) is 5.57. The molecule has 0 aliphatic carbocycles. The van der Waals surface area contributed by atoms with Crippen molar-refractivity contribution in [3.05, 3.63) is 139 Å². The van der Waals surface area contributed by atoms with Crippen LogP contribution >= 0.6 is 0 Å². The van der Waals surface area contributed by atoms with Gasteiger partial charge in [-0.25, -0.2) is 0 Å². The van der Waals surface area contributed by atoms with Crippen molar-refractivity contribution in [1.29, 1.82) is 0 Å². The third-order valence-electron chi connectivity index (χ3n) is 6.18. The van der Waals surface area contributed by atoms with E-state index in [-0.39, 0.29) is 0 Å². The van der Waals surface area contributed by atoms with E-state index in [1.54, 1.807) is 0 Å². The summed E-state index contributed by atoms with van der Waals surface area (Å²) >= 11 is -2.89. The summed E-state index contributed by atoms with van der Waals surface area (Å²) in [5.74, 6) is 0.371. The first-order chi connectivity index (χ1) is 16.3. The van der Waals surface area contributed by atoms with Crippen molar-refractivity contribution < 1.29 is 4.74 Å². The van der Waals surface area contributed by atoms with Crippen LogP contribution in [0.3, 0.4) is 0 Å². The van der Waals surface area contributed by atoms with Crippen molar-refractivity contribution in [1.82, 2.24) is 0 Å². The zero-order chi connectivity index (χ0) is 22.8. The molecule has 4 rings (SSSR count). The Balaban J connectivity index is 1.57. The molecule has 0 spiro atoms. The van der Waals surface area contributed by atoms with Gasteiger partial charge in [-0.3, -0.25) is 0 Å². The molecule has 0 N–H and O–H groups in total. The van der Waals surface area contributed by atoms with Crippen LogP contribution in [0.4, 0.5) is 0 Å². The molecule has 0 aliphatic rings. The summed E-state index contributed by atoms with van der Waals surface area (Å²) in [4.78, 5) is 0. The summed E-state index contributed by atoms with van der Waals surface area (Å²) in [5.41, 5.74) is 1.22. The van der Waals surface area contributed by atoms with Crippen molar-refractivity contribution >= 4 is 26.5 Å². The van der Waals surface area contributed by atoms with Gasteiger partial charge in [0.15, 0.2) is 0 Å². The first-order valence-electron chi connectivity index (χ1n) is 11.7. The van der Waals surface area contributed by atoms with Crippen molar-refractivity contribution in [2.45, 2.75) is 18.8 Å². The molecule has 0 unspecified atom stereocenters. The number of rotatable bonds is 10. The average Bonchev–Trinajstić information content (AvgIpc) is 2.89. The summed E-state index contributed by atoms with van der Waals surface area (Å²) in [7, 11) is 0. The zero-order valence-electron chi connectivity index (χ0n) is 19.3. The minimum absolute atomic E-state index is 0.371. The van der Waals surface area contributed by atoms with E-state index >= 15 is 0 Å². The molecule has 2 heteroatoms. The van der Waals surface area contributed by atoms with E-state index in [2.05, 4.69) is 134 Å². The fourth-order valence-corrected chi connectivity index (χ4v) is 13.9. The van der Waals surface area contributed by atoms with Gasteiger partial charge in [-0.15, -0.1) is 0 Å². The van der Waals surface area contributed by atoms with Gasteiger partial charge in [0.25, 0.3) is 0 Å². The van der Waals surface area contributed by atoms with Crippen LogP contribution in [0.15, 0.2) is 133 Å². The average molecular weight is 493 g/mol. The third kappa shape index (κ3) is 5.93. The molecular weight excluding hydrogens is 461 g/mol. The van der Waals surface area contributed by atoms with E-state index in [1.807, 2.05) is 6.07 Å². The van der Waals surface area contributed by atoms with Gasteiger partial charge in [-0.05, 0) is 0 Å². The quantitative estimate of drug-likeness (QED) is 0.208. The molecule has 0 saturated carbocycles. The molecule has 166 valence electrons. The second kappa shape index (κ2) is 11.8. The number of allylic oxidation sites excluding steroid dienone is 1. The summed E-state index contributed by atoms with van der Waals surface area (Å²) in [6.45, 7) is 3.63. The van der Waals surface area contributed by atoms with E-state index in [0.717, 1.165) is 11.9 Å². The van der Waals surface area contributed by atoms with Crippen molar-refractivity contribution in [2.75, 3.05) is 6.61 Å². The van der Waals surface area contributed by atoms with Crippen molar-refractivity contribution in [3.8, 4) is 0 Å². The summed E-state index contributed by atoms with van der Waals surface area (Å²) < 4.78 is 10.5. The van der Waals surface area contributed by atoms with Crippen LogP contribution < -0.4 is 13.2 Å². The number of hydrogen-bond donors (Lipinski definition) is 0. The fourth-order valence-electron chi connectivity index (χ4n) is 4.49. The Hall–Kier alpha value is -2.88. The van der Waals surface area contributed by atoms with E-state index in [4.69, 9.17) is 4.74 Å². The number of benzene rings is 4. The molecule has 0 fully saturated rings. The van der Waals surface area contributed by atoms with Gasteiger partial charge >= 0.3 is 202 Å². The third-order valence-corrected chi connectivity index (χ3v) is 16.3.